The maximum absolute atomic E-state index is 11.8. The van der Waals surface area contributed by atoms with Crippen LogP contribution in [0.25, 0.3) is 0 Å². The Balaban J connectivity index is 1.59. The van der Waals surface area contributed by atoms with Crippen LogP contribution in [0.15, 0.2) is 11.6 Å². The third-order valence-corrected chi connectivity index (χ3v) is 8.69. The van der Waals surface area contributed by atoms with Crippen LogP contribution in [0.2, 0.25) is 0 Å². The van der Waals surface area contributed by atoms with Crippen molar-refractivity contribution in [1.82, 2.24) is 0 Å². The largest absolute Gasteiger partial charge is 0.481 e. The Morgan fingerprint density at radius 2 is 1.88 bits per heavy atom. The molecule has 0 heterocycles. The van der Waals surface area contributed by atoms with Crippen LogP contribution < -0.4 is 0 Å². The number of hydrogen-bond acceptors (Lipinski definition) is 3. The van der Waals surface area contributed by atoms with Gasteiger partial charge in [-0.05, 0) is 73.5 Å². The molecule has 26 heavy (non-hydrogen) atoms. The Labute approximate surface area is 156 Å². The number of carbonyl (C=O) groups excluding carboxylic acids is 1. The van der Waals surface area contributed by atoms with E-state index in [9.17, 15) is 14.7 Å². The van der Waals surface area contributed by atoms with Crippen molar-refractivity contribution in [2.24, 2.45) is 34.5 Å². The monoisotopic (exact) mass is 360 g/mol. The van der Waals surface area contributed by atoms with E-state index in [2.05, 4.69) is 19.9 Å². The molecule has 0 amide bonds. The molecule has 4 heteroatoms. The van der Waals surface area contributed by atoms with E-state index in [1.807, 2.05) is 0 Å². The van der Waals surface area contributed by atoms with Gasteiger partial charge in [-0.2, -0.15) is 0 Å². The lowest BCUT2D eigenvalue weighted by molar-refractivity contribution is -0.151. The molecule has 144 valence electrons. The second-order valence-corrected chi connectivity index (χ2v) is 9.75. The molecule has 4 rings (SSSR count). The summed E-state index contributed by atoms with van der Waals surface area (Å²) in [6.45, 7) is 6.17. The number of esters is 1. The van der Waals surface area contributed by atoms with Crippen molar-refractivity contribution in [3.8, 4) is 0 Å². The van der Waals surface area contributed by atoms with Gasteiger partial charge in [-0.25, -0.2) is 0 Å². The molecular formula is C22H32O4. The average Bonchev–Trinajstić information content (AvgIpc) is 2.92. The second-order valence-electron chi connectivity index (χ2n) is 9.75. The van der Waals surface area contributed by atoms with Crippen molar-refractivity contribution in [2.45, 2.75) is 78.2 Å². The van der Waals surface area contributed by atoms with E-state index < -0.39 is 5.97 Å². The number of ether oxygens (including phenoxy) is 1. The van der Waals surface area contributed by atoms with Gasteiger partial charge in [0.25, 0.3) is 0 Å². The van der Waals surface area contributed by atoms with Gasteiger partial charge in [0.2, 0.25) is 0 Å². The topological polar surface area (TPSA) is 63.6 Å². The molecule has 0 radical (unpaired) electrons. The summed E-state index contributed by atoms with van der Waals surface area (Å²) in [6, 6.07) is 0. The van der Waals surface area contributed by atoms with Gasteiger partial charge >= 0.3 is 11.9 Å². The molecule has 0 aromatic heterocycles. The number of fused-ring (bicyclic) bond motifs is 5. The van der Waals surface area contributed by atoms with E-state index in [4.69, 9.17) is 4.74 Å². The molecular weight excluding hydrogens is 328 g/mol. The molecule has 0 bridgehead atoms. The lowest BCUT2D eigenvalue weighted by atomic mass is 9.47. The number of allylic oxidation sites excluding steroid dienone is 1. The molecule has 0 aromatic rings. The van der Waals surface area contributed by atoms with Crippen LogP contribution in [0.4, 0.5) is 0 Å². The van der Waals surface area contributed by atoms with Crippen LogP contribution in [-0.2, 0) is 14.3 Å². The van der Waals surface area contributed by atoms with E-state index >= 15 is 0 Å². The van der Waals surface area contributed by atoms with Crippen LogP contribution in [0, 0.1) is 34.5 Å². The van der Waals surface area contributed by atoms with Crippen molar-refractivity contribution in [2.75, 3.05) is 0 Å². The first kappa shape index (κ1) is 18.1. The Kier molecular flexibility index (Phi) is 4.24. The molecule has 3 fully saturated rings. The standard InChI is InChI=1S/C22H32O4/c1-13(23)26-15-8-10-21(2)14(12-15)4-5-16-17-6-7-19(20(24)25)22(17,3)11-9-18(16)21/h4,15-19H,5-12H2,1-3H3,(H,24,25)/t15-,16-,17-,18-,19+,21+,22+/m0/s1. The summed E-state index contributed by atoms with van der Waals surface area (Å²) in [5.74, 6) is 0.901. The van der Waals surface area contributed by atoms with E-state index in [0.717, 1.165) is 51.4 Å². The Hall–Kier alpha value is -1.32. The van der Waals surface area contributed by atoms with E-state index in [-0.39, 0.29) is 28.8 Å². The zero-order chi connectivity index (χ0) is 18.7. The molecule has 0 aromatic carbocycles. The summed E-state index contributed by atoms with van der Waals surface area (Å²) < 4.78 is 5.50. The quantitative estimate of drug-likeness (QED) is 0.578. The smallest absolute Gasteiger partial charge is 0.307 e. The highest BCUT2D eigenvalue weighted by Gasteiger charge is 2.60. The summed E-state index contributed by atoms with van der Waals surface area (Å²) in [6.07, 6.45) is 10.6. The molecule has 0 unspecified atom stereocenters. The fraction of sp³-hybridized carbons (Fsp3) is 0.818. The third-order valence-electron chi connectivity index (χ3n) is 8.69. The molecule has 4 aliphatic rings. The van der Waals surface area contributed by atoms with Crippen molar-refractivity contribution in [3.05, 3.63) is 11.6 Å². The molecule has 0 aliphatic heterocycles. The minimum atomic E-state index is -0.589. The molecule has 3 saturated carbocycles. The maximum Gasteiger partial charge on any atom is 0.307 e. The third kappa shape index (κ3) is 2.55. The summed E-state index contributed by atoms with van der Waals surface area (Å²) in [5, 5.41) is 9.70. The second kappa shape index (κ2) is 6.10. The van der Waals surface area contributed by atoms with Crippen molar-refractivity contribution >= 4 is 11.9 Å². The van der Waals surface area contributed by atoms with Crippen molar-refractivity contribution in [1.29, 1.82) is 0 Å². The summed E-state index contributed by atoms with van der Waals surface area (Å²) in [5.41, 5.74) is 1.68. The van der Waals surface area contributed by atoms with Crippen LogP contribution in [0.1, 0.15) is 72.1 Å². The van der Waals surface area contributed by atoms with E-state index in [1.54, 1.807) is 0 Å². The number of rotatable bonds is 2. The first-order chi connectivity index (χ1) is 12.3. The van der Waals surface area contributed by atoms with E-state index in [1.165, 1.54) is 12.5 Å². The Morgan fingerprint density at radius 3 is 2.58 bits per heavy atom. The first-order valence-electron chi connectivity index (χ1n) is 10.4. The predicted octanol–water partition coefficient (Wildman–Crippen LogP) is 4.58. The fourth-order valence-corrected chi connectivity index (χ4v) is 7.37. The minimum absolute atomic E-state index is 0.0242. The zero-order valence-corrected chi connectivity index (χ0v) is 16.3. The summed E-state index contributed by atoms with van der Waals surface area (Å²) in [7, 11) is 0. The predicted molar refractivity (Wildman–Crippen MR) is 98.4 cm³/mol. The van der Waals surface area contributed by atoms with Crippen LogP contribution in [-0.4, -0.2) is 23.1 Å². The SMILES string of the molecule is CC(=O)O[C@H]1CC[C@]2(C)C(=CC[C@H]3[C@@H]4CC[C@H](C(=O)O)[C@]4(C)CC[C@@H]32)C1. The van der Waals surface area contributed by atoms with Gasteiger partial charge in [0.15, 0.2) is 0 Å². The number of carboxylic acid groups (broad SMARTS) is 1. The zero-order valence-electron chi connectivity index (χ0n) is 16.3. The normalized spacial score (nSPS) is 47.2. The lowest BCUT2D eigenvalue weighted by Crippen LogP contribution is -2.51. The molecule has 4 nitrogen and oxygen atoms in total. The van der Waals surface area contributed by atoms with Gasteiger partial charge in [0.1, 0.15) is 6.10 Å². The van der Waals surface area contributed by atoms with Gasteiger partial charge in [-0.3, -0.25) is 9.59 Å². The summed E-state index contributed by atoms with van der Waals surface area (Å²) >= 11 is 0. The Morgan fingerprint density at radius 1 is 1.12 bits per heavy atom. The molecule has 7 atom stereocenters. The van der Waals surface area contributed by atoms with Gasteiger partial charge in [-0.15, -0.1) is 0 Å². The van der Waals surface area contributed by atoms with Gasteiger partial charge in [0, 0.05) is 13.3 Å². The average molecular weight is 360 g/mol. The van der Waals surface area contributed by atoms with Crippen LogP contribution in [0.5, 0.6) is 0 Å². The molecule has 0 saturated heterocycles. The van der Waals surface area contributed by atoms with Crippen LogP contribution in [0.3, 0.4) is 0 Å². The summed E-state index contributed by atoms with van der Waals surface area (Å²) in [4.78, 5) is 23.1. The number of carbonyl (C=O) groups is 2. The highest BCUT2D eigenvalue weighted by atomic mass is 16.5. The molecule has 0 spiro atoms. The first-order valence-corrected chi connectivity index (χ1v) is 10.4. The van der Waals surface area contributed by atoms with E-state index in [0.29, 0.717) is 17.8 Å². The van der Waals surface area contributed by atoms with Gasteiger partial charge < -0.3 is 9.84 Å². The highest BCUT2D eigenvalue weighted by molar-refractivity contribution is 5.71. The minimum Gasteiger partial charge on any atom is -0.481 e. The van der Waals surface area contributed by atoms with Crippen LogP contribution >= 0.6 is 0 Å². The van der Waals surface area contributed by atoms with Gasteiger partial charge in [0.05, 0.1) is 5.92 Å². The number of carboxylic acids is 1. The molecule has 4 aliphatic carbocycles. The number of aliphatic carboxylic acids is 1. The van der Waals surface area contributed by atoms with Crippen molar-refractivity contribution in [3.63, 3.8) is 0 Å². The highest BCUT2D eigenvalue weighted by Crippen LogP contribution is 2.66. The lowest BCUT2D eigenvalue weighted by Gasteiger charge is -2.57. The van der Waals surface area contributed by atoms with Crippen molar-refractivity contribution < 1.29 is 19.4 Å². The number of hydrogen-bond donors (Lipinski definition) is 1. The Bertz CT molecular complexity index is 653. The van der Waals surface area contributed by atoms with Gasteiger partial charge in [-0.1, -0.05) is 25.5 Å². The molecule has 1 N–H and O–H groups in total. The maximum atomic E-state index is 11.8. The fourth-order valence-electron chi connectivity index (χ4n) is 7.37.